The molecule has 2 aromatic heterocycles. The number of aromatic carboxylic acids is 1. The summed E-state index contributed by atoms with van der Waals surface area (Å²) < 4.78 is 12.8. The first-order chi connectivity index (χ1) is 16.1. The molecule has 5 rings (SSSR count). The number of carboxylic acid groups (broad SMARTS) is 1. The number of rotatable bonds is 4. The lowest BCUT2D eigenvalue weighted by molar-refractivity contribution is -0.169. The summed E-state index contributed by atoms with van der Waals surface area (Å²) in [4.78, 5) is 30.4. The number of thiophene rings is 1. The van der Waals surface area contributed by atoms with Crippen molar-refractivity contribution in [1.82, 2.24) is 4.98 Å². The maximum atomic E-state index is 12.4. The van der Waals surface area contributed by atoms with Gasteiger partial charge in [0.2, 0.25) is 0 Å². The second-order valence-electron chi connectivity index (χ2n) is 9.40. The van der Waals surface area contributed by atoms with Gasteiger partial charge in [0.1, 0.15) is 17.5 Å². The number of aryl methyl sites for hydroxylation is 2. The van der Waals surface area contributed by atoms with Crippen LogP contribution in [0.5, 0.6) is 5.75 Å². The van der Waals surface area contributed by atoms with Gasteiger partial charge in [-0.25, -0.2) is 9.78 Å². The first kappa shape index (κ1) is 22.3. The summed E-state index contributed by atoms with van der Waals surface area (Å²) in [5.41, 5.74) is 2.65. The SMILES string of the molecule is Cc1c(-c2cc(C(=O)O)c3c(OC4CC(=O)OC(C)(C)C4)ccc(C)c3n2)sc2ccccc12. The Kier molecular flexibility index (Phi) is 5.32. The first-order valence-corrected chi connectivity index (χ1v) is 12.0. The van der Waals surface area contributed by atoms with Crippen LogP contribution in [0.2, 0.25) is 0 Å². The molecule has 1 saturated heterocycles. The van der Waals surface area contributed by atoms with Crippen LogP contribution in [0.3, 0.4) is 0 Å². The summed E-state index contributed by atoms with van der Waals surface area (Å²) >= 11 is 1.61. The molecule has 0 aliphatic carbocycles. The fraction of sp³-hybridized carbons (Fsp3) is 0.296. The topological polar surface area (TPSA) is 85.7 Å². The van der Waals surface area contributed by atoms with E-state index in [0.29, 0.717) is 28.8 Å². The zero-order chi connectivity index (χ0) is 24.2. The molecule has 1 aliphatic rings. The maximum Gasteiger partial charge on any atom is 0.336 e. The maximum absolute atomic E-state index is 12.4. The average Bonchev–Trinajstić information content (AvgIpc) is 3.10. The summed E-state index contributed by atoms with van der Waals surface area (Å²) in [5, 5.41) is 11.7. The number of carbonyl (C=O) groups excluding carboxylic acids is 1. The van der Waals surface area contributed by atoms with E-state index in [4.69, 9.17) is 14.5 Å². The van der Waals surface area contributed by atoms with Gasteiger partial charge in [-0.15, -0.1) is 11.3 Å². The van der Waals surface area contributed by atoms with E-state index in [0.717, 1.165) is 26.1 Å². The van der Waals surface area contributed by atoms with E-state index < -0.39 is 17.7 Å². The Morgan fingerprint density at radius 2 is 1.97 bits per heavy atom. The van der Waals surface area contributed by atoms with Crippen molar-refractivity contribution in [3.63, 3.8) is 0 Å². The fourth-order valence-corrected chi connectivity index (χ4v) is 5.88. The Labute approximate surface area is 201 Å². The standard InChI is InChI=1S/C27H25NO5S/c1-14-9-10-20(32-16-11-22(29)33-27(3,4)13-16)23-18(26(30)31)12-19(28-24(14)23)25-15(2)17-7-5-6-8-21(17)34-25/h5-10,12,16H,11,13H2,1-4H3,(H,30,31). The number of aromatic nitrogens is 1. The second kappa shape index (κ2) is 8.09. The Balaban J connectivity index is 1.67. The van der Waals surface area contributed by atoms with Gasteiger partial charge >= 0.3 is 11.9 Å². The highest BCUT2D eigenvalue weighted by molar-refractivity contribution is 7.22. The smallest absolute Gasteiger partial charge is 0.336 e. The van der Waals surface area contributed by atoms with Crippen molar-refractivity contribution in [3.05, 3.63) is 59.2 Å². The third-order valence-electron chi connectivity index (χ3n) is 6.23. The second-order valence-corrected chi connectivity index (χ2v) is 10.5. The summed E-state index contributed by atoms with van der Waals surface area (Å²) in [6.45, 7) is 7.64. The zero-order valence-electron chi connectivity index (χ0n) is 19.5. The van der Waals surface area contributed by atoms with Gasteiger partial charge in [-0.2, -0.15) is 0 Å². The number of carboxylic acids is 1. The lowest BCUT2D eigenvalue weighted by atomic mass is 9.95. The Hall–Kier alpha value is -3.45. The van der Waals surface area contributed by atoms with Crippen LogP contribution in [0.15, 0.2) is 42.5 Å². The third-order valence-corrected chi connectivity index (χ3v) is 7.52. The average molecular weight is 476 g/mol. The van der Waals surface area contributed by atoms with Crippen LogP contribution in [-0.4, -0.2) is 33.7 Å². The van der Waals surface area contributed by atoms with Crippen molar-refractivity contribution in [1.29, 1.82) is 0 Å². The number of cyclic esters (lactones) is 1. The van der Waals surface area contributed by atoms with E-state index in [1.807, 2.05) is 45.9 Å². The van der Waals surface area contributed by atoms with Gasteiger partial charge in [0, 0.05) is 11.1 Å². The molecule has 0 spiro atoms. The third kappa shape index (κ3) is 3.90. The monoisotopic (exact) mass is 475 g/mol. The van der Waals surface area contributed by atoms with E-state index in [1.165, 1.54) is 0 Å². The van der Waals surface area contributed by atoms with Gasteiger partial charge < -0.3 is 14.6 Å². The van der Waals surface area contributed by atoms with E-state index in [2.05, 4.69) is 12.1 Å². The summed E-state index contributed by atoms with van der Waals surface area (Å²) in [6.07, 6.45) is 0.227. The van der Waals surface area contributed by atoms with Gasteiger partial charge in [-0.05, 0) is 62.4 Å². The Morgan fingerprint density at radius 1 is 1.21 bits per heavy atom. The minimum Gasteiger partial charge on any atom is -0.489 e. The number of pyridine rings is 1. The van der Waals surface area contributed by atoms with Crippen LogP contribution >= 0.6 is 11.3 Å². The molecule has 1 N–H and O–H groups in total. The van der Waals surface area contributed by atoms with Crippen LogP contribution in [0.4, 0.5) is 0 Å². The van der Waals surface area contributed by atoms with Crippen molar-refractivity contribution in [2.45, 2.75) is 52.2 Å². The minimum absolute atomic E-state index is 0.119. The van der Waals surface area contributed by atoms with Crippen molar-refractivity contribution < 1.29 is 24.2 Å². The minimum atomic E-state index is -1.05. The molecule has 34 heavy (non-hydrogen) atoms. The van der Waals surface area contributed by atoms with Gasteiger partial charge in [0.05, 0.1) is 33.5 Å². The molecule has 1 unspecified atom stereocenters. The molecule has 1 fully saturated rings. The highest BCUT2D eigenvalue weighted by atomic mass is 32.1. The molecular weight excluding hydrogens is 450 g/mol. The van der Waals surface area contributed by atoms with Gasteiger partial charge in [0.25, 0.3) is 0 Å². The molecule has 1 aliphatic heterocycles. The first-order valence-electron chi connectivity index (χ1n) is 11.2. The molecule has 174 valence electrons. The molecule has 3 heterocycles. The molecule has 1 atom stereocenters. The number of carbonyl (C=O) groups is 2. The molecule has 0 saturated carbocycles. The quantitative estimate of drug-likeness (QED) is 0.349. The largest absolute Gasteiger partial charge is 0.489 e. The normalized spacial score (nSPS) is 17.6. The van der Waals surface area contributed by atoms with Crippen molar-refractivity contribution in [2.75, 3.05) is 0 Å². The number of nitrogens with zero attached hydrogens (tertiary/aromatic N) is 1. The van der Waals surface area contributed by atoms with Gasteiger partial charge in [0.15, 0.2) is 0 Å². The van der Waals surface area contributed by atoms with Crippen LogP contribution in [0, 0.1) is 13.8 Å². The number of hydrogen-bond acceptors (Lipinski definition) is 6. The summed E-state index contributed by atoms with van der Waals surface area (Å²) in [5.74, 6) is -0.955. The van der Waals surface area contributed by atoms with Crippen molar-refractivity contribution >= 4 is 44.3 Å². The Bertz CT molecular complexity index is 1470. The Morgan fingerprint density at radius 3 is 2.68 bits per heavy atom. The molecule has 0 amide bonds. The molecule has 2 aromatic carbocycles. The molecule has 4 aromatic rings. The lowest BCUT2D eigenvalue weighted by Crippen LogP contribution is -2.42. The number of hydrogen-bond donors (Lipinski definition) is 1. The molecular formula is C27H25NO5S. The number of benzene rings is 2. The zero-order valence-corrected chi connectivity index (χ0v) is 20.3. The van der Waals surface area contributed by atoms with E-state index in [-0.39, 0.29) is 18.0 Å². The highest BCUT2D eigenvalue weighted by Gasteiger charge is 2.36. The summed E-state index contributed by atoms with van der Waals surface area (Å²) in [7, 11) is 0. The number of esters is 1. The predicted octanol–water partition coefficient (Wildman–Crippen LogP) is 6.29. The van der Waals surface area contributed by atoms with Crippen LogP contribution in [0.25, 0.3) is 31.6 Å². The van der Waals surface area contributed by atoms with Crippen molar-refractivity contribution in [2.24, 2.45) is 0 Å². The van der Waals surface area contributed by atoms with Gasteiger partial charge in [-0.3, -0.25) is 4.79 Å². The van der Waals surface area contributed by atoms with E-state index in [9.17, 15) is 14.7 Å². The van der Waals surface area contributed by atoms with E-state index in [1.54, 1.807) is 23.5 Å². The molecule has 7 heteroatoms. The molecule has 0 radical (unpaired) electrons. The summed E-state index contributed by atoms with van der Waals surface area (Å²) in [6, 6.07) is 13.4. The van der Waals surface area contributed by atoms with Crippen molar-refractivity contribution in [3.8, 4) is 16.3 Å². The lowest BCUT2D eigenvalue weighted by Gasteiger charge is -2.34. The highest BCUT2D eigenvalue weighted by Crippen LogP contribution is 2.41. The van der Waals surface area contributed by atoms with Gasteiger partial charge in [-0.1, -0.05) is 24.3 Å². The van der Waals surface area contributed by atoms with Crippen LogP contribution in [0.1, 0.15) is 48.2 Å². The van der Waals surface area contributed by atoms with E-state index >= 15 is 0 Å². The number of ether oxygens (including phenoxy) is 2. The number of fused-ring (bicyclic) bond motifs is 2. The predicted molar refractivity (Wildman–Crippen MR) is 133 cm³/mol. The fourth-order valence-electron chi connectivity index (χ4n) is 4.71. The molecule has 6 nitrogen and oxygen atoms in total. The van der Waals surface area contributed by atoms with Crippen LogP contribution < -0.4 is 4.74 Å². The van der Waals surface area contributed by atoms with Crippen LogP contribution in [-0.2, 0) is 9.53 Å². The molecule has 0 bridgehead atoms.